The standard InChI is InChI=1S/C19H10Cl2F2N4O3S2/c20-11-5-4-9(6-12(11)21)24-19(28)10-7-13(22)14(23)8-16(10)27-32(29,30)17-3-1-2-15-18(17)26-31-25-15/h1-8,27H,(H,24,28). The lowest BCUT2D eigenvalue weighted by molar-refractivity contribution is 0.102. The highest BCUT2D eigenvalue weighted by Gasteiger charge is 2.24. The van der Waals surface area contributed by atoms with E-state index in [2.05, 4.69) is 18.8 Å². The van der Waals surface area contributed by atoms with E-state index in [9.17, 15) is 22.0 Å². The first kappa shape index (κ1) is 22.3. The third kappa shape index (κ3) is 4.37. The molecule has 32 heavy (non-hydrogen) atoms. The molecule has 0 atom stereocenters. The molecule has 0 fully saturated rings. The molecule has 1 aromatic heterocycles. The van der Waals surface area contributed by atoms with Crippen molar-refractivity contribution in [3.8, 4) is 0 Å². The summed E-state index contributed by atoms with van der Waals surface area (Å²) in [4.78, 5) is 12.5. The monoisotopic (exact) mass is 514 g/mol. The van der Waals surface area contributed by atoms with Gasteiger partial charge in [0.05, 0.1) is 33.0 Å². The van der Waals surface area contributed by atoms with Crippen LogP contribution in [0.5, 0.6) is 0 Å². The summed E-state index contributed by atoms with van der Waals surface area (Å²) < 4.78 is 63.9. The van der Waals surface area contributed by atoms with Crippen molar-refractivity contribution in [1.82, 2.24) is 8.75 Å². The lowest BCUT2D eigenvalue weighted by Gasteiger charge is -2.14. The number of hydrogen-bond acceptors (Lipinski definition) is 6. The van der Waals surface area contributed by atoms with Crippen LogP contribution in [0.4, 0.5) is 20.2 Å². The molecule has 0 saturated heterocycles. The van der Waals surface area contributed by atoms with Gasteiger partial charge in [0.1, 0.15) is 15.9 Å². The van der Waals surface area contributed by atoms with Crippen LogP contribution in [0.3, 0.4) is 0 Å². The summed E-state index contributed by atoms with van der Waals surface area (Å²) in [5, 5.41) is 2.84. The molecule has 1 amide bonds. The van der Waals surface area contributed by atoms with E-state index >= 15 is 0 Å². The Balaban J connectivity index is 1.73. The molecule has 0 spiro atoms. The molecule has 4 aromatic rings. The van der Waals surface area contributed by atoms with E-state index in [4.69, 9.17) is 23.2 Å². The van der Waals surface area contributed by atoms with Crippen LogP contribution in [0, 0.1) is 11.6 Å². The minimum absolute atomic E-state index is 0.106. The second kappa shape index (κ2) is 8.58. The molecule has 1 heterocycles. The lowest BCUT2D eigenvalue weighted by Crippen LogP contribution is -2.19. The van der Waals surface area contributed by atoms with Crippen LogP contribution in [0.1, 0.15) is 10.4 Å². The summed E-state index contributed by atoms with van der Waals surface area (Å²) >= 11 is 12.6. The summed E-state index contributed by atoms with van der Waals surface area (Å²) in [6.07, 6.45) is 0. The molecule has 13 heteroatoms. The molecule has 0 bridgehead atoms. The molecule has 4 rings (SSSR count). The number of aromatic nitrogens is 2. The van der Waals surface area contributed by atoms with Crippen LogP contribution in [-0.2, 0) is 10.0 Å². The van der Waals surface area contributed by atoms with Gasteiger partial charge in [0.2, 0.25) is 0 Å². The number of benzene rings is 3. The average Bonchev–Trinajstić information content (AvgIpc) is 3.21. The van der Waals surface area contributed by atoms with E-state index in [1.54, 1.807) is 6.07 Å². The van der Waals surface area contributed by atoms with Gasteiger partial charge < -0.3 is 5.32 Å². The Bertz CT molecular complexity index is 1480. The Morgan fingerprint density at radius 1 is 0.969 bits per heavy atom. The SMILES string of the molecule is O=C(Nc1ccc(Cl)c(Cl)c1)c1cc(F)c(F)cc1NS(=O)(=O)c1cccc2nsnc12. The third-order valence-corrected chi connectivity index (χ3v) is 6.94. The first-order chi connectivity index (χ1) is 15.2. The van der Waals surface area contributed by atoms with Gasteiger partial charge in [-0.2, -0.15) is 8.75 Å². The van der Waals surface area contributed by atoms with Crippen molar-refractivity contribution in [2.75, 3.05) is 10.0 Å². The predicted octanol–water partition coefficient (Wildman–Crippen LogP) is 5.33. The van der Waals surface area contributed by atoms with Crippen molar-refractivity contribution >= 4 is 73.3 Å². The topological polar surface area (TPSA) is 101 Å². The number of fused-ring (bicyclic) bond motifs is 1. The number of hydrogen-bond donors (Lipinski definition) is 2. The zero-order valence-electron chi connectivity index (χ0n) is 15.6. The van der Waals surface area contributed by atoms with E-state index in [0.717, 1.165) is 11.7 Å². The fourth-order valence-electron chi connectivity index (χ4n) is 2.79. The predicted molar refractivity (Wildman–Crippen MR) is 119 cm³/mol. The number of nitrogens with zero attached hydrogens (tertiary/aromatic N) is 2. The maximum Gasteiger partial charge on any atom is 0.264 e. The Kier molecular flexibility index (Phi) is 5.99. The second-order valence-electron chi connectivity index (χ2n) is 6.39. The Hall–Kier alpha value is -2.86. The van der Waals surface area contributed by atoms with Crippen molar-refractivity contribution in [1.29, 1.82) is 0 Å². The van der Waals surface area contributed by atoms with Crippen molar-refractivity contribution < 1.29 is 22.0 Å². The largest absolute Gasteiger partial charge is 0.322 e. The first-order valence-corrected chi connectivity index (χ1v) is 11.6. The van der Waals surface area contributed by atoms with Crippen molar-refractivity contribution in [2.24, 2.45) is 0 Å². The fourth-order valence-corrected chi connectivity index (χ4v) is 4.93. The Morgan fingerprint density at radius 2 is 1.72 bits per heavy atom. The van der Waals surface area contributed by atoms with Crippen molar-refractivity contribution in [2.45, 2.75) is 4.90 Å². The molecule has 0 radical (unpaired) electrons. The van der Waals surface area contributed by atoms with Crippen LogP contribution >= 0.6 is 34.9 Å². The normalized spacial score (nSPS) is 11.5. The highest BCUT2D eigenvalue weighted by Crippen LogP contribution is 2.29. The molecule has 0 aliphatic heterocycles. The summed E-state index contributed by atoms with van der Waals surface area (Å²) in [5.74, 6) is -3.59. The average molecular weight is 515 g/mol. The smallest absolute Gasteiger partial charge is 0.264 e. The molecule has 164 valence electrons. The zero-order valence-corrected chi connectivity index (χ0v) is 18.7. The maximum absolute atomic E-state index is 13.9. The van der Waals surface area contributed by atoms with Crippen molar-refractivity contribution in [3.63, 3.8) is 0 Å². The summed E-state index contributed by atoms with van der Waals surface area (Å²) in [7, 11) is -4.33. The molecule has 7 nitrogen and oxygen atoms in total. The van der Waals surface area contributed by atoms with Gasteiger partial charge >= 0.3 is 0 Å². The van der Waals surface area contributed by atoms with Gasteiger partial charge in [0.25, 0.3) is 15.9 Å². The van der Waals surface area contributed by atoms with Gasteiger partial charge in [-0.1, -0.05) is 29.3 Å². The van der Waals surface area contributed by atoms with Gasteiger partial charge in [-0.15, -0.1) is 0 Å². The van der Waals surface area contributed by atoms with Gasteiger partial charge in [-0.3, -0.25) is 9.52 Å². The van der Waals surface area contributed by atoms with Gasteiger partial charge in [-0.25, -0.2) is 17.2 Å². The number of rotatable bonds is 5. The van der Waals surface area contributed by atoms with Crippen LogP contribution < -0.4 is 10.0 Å². The van der Waals surface area contributed by atoms with Crippen molar-refractivity contribution in [3.05, 3.63) is 75.8 Å². The van der Waals surface area contributed by atoms with Crippen LogP contribution in [0.15, 0.2) is 53.4 Å². The van der Waals surface area contributed by atoms with Crippen LogP contribution in [0.2, 0.25) is 10.0 Å². The highest BCUT2D eigenvalue weighted by atomic mass is 35.5. The number of anilines is 2. The molecule has 0 saturated carbocycles. The van der Waals surface area contributed by atoms with Crippen LogP contribution in [-0.4, -0.2) is 23.1 Å². The number of sulfonamides is 1. The van der Waals surface area contributed by atoms with E-state index in [1.807, 2.05) is 0 Å². The number of amides is 1. The molecular weight excluding hydrogens is 505 g/mol. The number of nitrogens with one attached hydrogen (secondary N) is 2. The third-order valence-electron chi connectivity index (χ3n) is 4.27. The second-order valence-corrected chi connectivity index (χ2v) is 9.38. The summed E-state index contributed by atoms with van der Waals surface area (Å²) in [5.41, 5.74) is -0.264. The fraction of sp³-hybridized carbons (Fsp3) is 0. The zero-order chi connectivity index (χ0) is 23.0. The Morgan fingerprint density at radius 3 is 2.47 bits per heavy atom. The summed E-state index contributed by atoms with van der Waals surface area (Å²) in [6, 6.07) is 9.69. The first-order valence-electron chi connectivity index (χ1n) is 8.65. The molecule has 2 N–H and O–H groups in total. The van der Waals surface area contributed by atoms with E-state index in [0.29, 0.717) is 17.6 Å². The summed E-state index contributed by atoms with van der Waals surface area (Å²) in [6.45, 7) is 0. The van der Waals surface area contributed by atoms with Gasteiger partial charge in [0.15, 0.2) is 11.6 Å². The number of carbonyl (C=O) groups excluding carboxylic acids is 1. The van der Waals surface area contributed by atoms with Gasteiger partial charge in [-0.05, 0) is 36.4 Å². The number of carbonyl (C=O) groups is 1. The number of halogens is 4. The molecule has 0 aliphatic rings. The van der Waals surface area contributed by atoms with E-state index in [-0.39, 0.29) is 26.1 Å². The molecular formula is C19H10Cl2F2N4O3S2. The van der Waals surface area contributed by atoms with Gasteiger partial charge in [0, 0.05) is 11.8 Å². The lowest BCUT2D eigenvalue weighted by atomic mass is 10.1. The minimum Gasteiger partial charge on any atom is -0.322 e. The van der Waals surface area contributed by atoms with Crippen LogP contribution in [0.25, 0.3) is 11.0 Å². The highest BCUT2D eigenvalue weighted by molar-refractivity contribution is 7.93. The minimum atomic E-state index is -4.33. The van der Waals surface area contributed by atoms with E-state index in [1.165, 1.54) is 30.3 Å². The Labute approximate surface area is 194 Å². The molecule has 3 aromatic carbocycles. The quantitative estimate of drug-likeness (QED) is 0.374. The van der Waals surface area contributed by atoms with E-state index < -0.39 is 38.8 Å². The maximum atomic E-state index is 13.9. The molecule has 0 unspecified atom stereocenters. The molecule has 0 aliphatic carbocycles.